The Bertz CT molecular complexity index is 399. The summed E-state index contributed by atoms with van der Waals surface area (Å²) in [5.41, 5.74) is -1.58. The lowest BCUT2D eigenvalue weighted by Gasteiger charge is -2.11. The molecule has 1 aromatic heterocycles. The minimum absolute atomic E-state index is 0.0229. The maximum absolute atomic E-state index is 12.8. The Balaban J connectivity index is 3.18. The first-order valence-corrected chi connectivity index (χ1v) is 5.21. The highest BCUT2D eigenvalue weighted by molar-refractivity contribution is 5.90. The lowest BCUT2D eigenvalue weighted by molar-refractivity contribution is -0.144. The van der Waals surface area contributed by atoms with Gasteiger partial charge in [0.05, 0.1) is 12.8 Å². The molecular formula is C10H13F3N2O2. The molecule has 0 amide bonds. The number of halogens is 3. The molecule has 4 nitrogen and oxygen atoms in total. The van der Waals surface area contributed by atoms with Crippen molar-refractivity contribution in [3.05, 3.63) is 17.5 Å². The second kappa shape index (κ2) is 5.20. The Hall–Kier alpha value is -1.53. The molecule has 0 atom stereocenters. The molecule has 0 saturated carbocycles. The van der Waals surface area contributed by atoms with Gasteiger partial charge in [0.15, 0.2) is 5.69 Å². The lowest BCUT2D eigenvalue weighted by Crippen LogP contribution is -2.19. The summed E-state index contributed by atoms with van der Waals surface area (Å²) in [7, 11) is 0. The monoisotopic (exact) mass is 250 g/mol. The normalized spacial score (nSPS) is 11.6. The van der Waals surface area contributed by atoms with Gasteiger partial charge in [0.1, 0.15) is 5.56 Å². The van der Waals surface area contributed by atoms with E-state index in [9.17, 15) is 18.0 Å². The van der Waals surface area contributed by atoms with Gasteiger partial charge in [0, 0.05) is 6.54 Å². The maximum Gasteiger partial charge on any atom is 0.433 e. The standard InChI is InChI=1S/C10H13F3N2O2/c1-3-5-15-8(10(11,12)13)7(6-14-15)9(16)17-4-2/h6H,3-5H2,1-2H3. The summed E-state index contributed by atoms with van der Waals surface area (Å²) in [6.07, 6.45) is -3.22. The first-order valence-electron chi connectivity index (χ1n) is 5.21. The van der Waals surface area contributed by atoms with Gasteiger partial charge in [0.2, 0.25) is 0 Å². The van der Waals surface area contributed by atoms with E-state index < -0.39 is 23.4 Å². The molecular weight excluding hydrogens is 237 g/mol. The number of ether oxygens (including phenoxy) is 1. The van der Waals surface area contributed by atoms with Crippen molar-refractivity contribution >= 4 is 5.97 Å². The van der Waals surface area contributed by atoms with E-state index in [1.165, 1.54) is 6.92 Å². The molecule has 0 bridgehead atoms. The fourth-order valence-electron chi connectivity index (χ4n) is 1.42. The van der Waals surface area contributed by atoms with Gasteiger partial charge in [-0.1, -0.05) is 6.92 Å². The molecule has 1 rings (SSSR count). The number of rotatable bonds is 4. The molecule has 96 valence electrons. The second-order valence-corrected chi connectivity index (χ2v) is 3.35. The molecule has 0 saturated heterocycles. The Morgan fingerprint density at radius 2 is 2.12 bits per heavy atom. The van der Waals surface area contributed by atoms with E-state index in [1.807, 2.05) is 0 Å². The van der Waals surface area contributed by atoms with E-state index in [0.29, 0.717) is 6.42 Å². The number of carbonyl (C=O) groups is 1. The zero-order valence-electron chi connectivity index (χ0n) is 9.54. The predicted octanol–water partition coefficient (Wildman–Crippen LogP) is 2.49. The fraction of sp³-hybridized carbons (Fsp3) is 0.600. The Labute approximate surface area is 96.4 Å². The van der Waals surface area contributed by atoms with Crippen LogP contribution >= 0.6 is 0 Å². The van der Waals surface area contributed by atoms with Crippen molar-refractivity contribution in [2.75, 3.05) is 6.61 Å². The summed E-state index contributed by atoms with van der Waals surface area (Å²) in [4.78, 5) is 11.4. The van der Waals surface area contributed by atoms with Gasteiger partial charge in [-0.05, 0) is 13.3 Å². The first-order chi connectivity index (χ1) is 7.91. The van der Waals surface area contributed by atoms with E-state index in [4.69, 9.17) is 0 Å². The smallest absolute Gasteiger partial charge is 0.433 e. The third-order valence-corrected chi connectivity index (χ3v) is 2.04. The third-order valence-electron chi connectivity index (χ3n) is 2.04. The number of aromatic nitrogens is 2. The number of alkyl halides is 3. The van der Waals surface area contributed by atoms with Crippen LogP contribution in [0.1, 0.15) is 36.3 Å². The zero-order valence-corrected chi connectivity index (χ0v) is 9.54. The van der Waals surface area contributed by atoms with Gasteiger partial charge >= 0.3 is 12.1 Å². The number of aryl methyl sites for hydroxylation is 1. The van der Waals surface area contributed by atoms with E-state index >= 15 is 0 Å². The van der Waals surface area contributed by atoms with Crippen LogP contribution in [0, 0.1) is 0 Å². The van der Waals surface area contributed by atoms with Gasteiger partial charge < -0.3 is 4.74 Å². The fourth-order valence-corrected chi connectivity index (χ4v) is 1.42. The number of hydrogen-bond acceptors (Lipinski definition) is 3. The van der Waals surface area contributed by atoms with Crippen LogP contribution in [0.4, 0.5) is 13.2 Å². The average molecular weight is 250 g/mol. The van der Waals surface area contributed by atoms with Gasteiger partial charge in [-0.2, -0.15) is 18.3 Å². The first kappa shape index (κ1) is 13.5. The predicted molar refractivity (Wildman–Crippen MR) is 53.5 cm³/mol. The third kappa shape index (κ3) is 2.98. The van der Waals surface area contributed by atoms with Crippen LogP contribution in [0.25, 0.3) is 0 Å². The lowest BCUT2D eigenvalue weighted by atomic mass is 10.2. The van der Waals surface area contributed by atoms with Gasteiger partial charge in [-0.3, -0.25) is 4.68 Å². The quantitative estimate of drug-likeness (QED) is 0.771. The van der Waals surface area contributed by atoms with E-state index in [1.54, 1.807) is 6.92 Å². The molecule has 0 aliphatic heterocycles. The number of hydrogen-bond donors (Lipinski definition) is 0. The van der Waals surface area contributed by atoms with Crippen LogP contribution in [-0.2, 0) is 17.5 Å². The van der Waals surface area contributed by atoms with E-state index in [2.05, 4.69) is 9.84 Å². The molecule has 0 radical (unpaired) electrons. The summed E-state index contributed by atoms with van der Waals surface area (Å²) in [5.74, 6) is -0.998. The number of nitrogens with zero attached hydrogens (tertiary/aromatic N) is 2. The molecule has 1 heterocycles. The van der Waals surface area contributed by atoms with Gasteiger partial charge in [-0.25, -0.2) is 4.79 Å². The Morgan fingerprint density at radius 3 is 2.59 bits per heavy atom. The van der Waals surface area contributed by atoms with Crippen molar-refractivity contribution in [2.45, 2.75) is 33.0 Å². The summed E-state index contributed by atoms with van der Waals surface area (Å²) in [6, 6.07) is 0. The summed E-state index contributed by atoms with van der Waals surface area (Å²) in [6.45, 7) is 3.39. The molecule has 0 N–H and O–H groups in total. The average Bonchev–Trinajstić information content (AvgIpc) is 2.62. The molecule has 0 aliphatic rings. The molecule has 0 fully saturated rings. The largest absolute Gasteiger partial charge is 0.462 e. The molecule has 1 aromatic rings. The van der Waals surface area contributed by atoms with Crippen LogP contribution in [0.2, 0.25) is 0 Å². The van der Waals surface area contributed by atoms with Crippen molar-refractivity contribution < 1.29 is 22.7 Å². The molecule has 0 spiro atoms. The Kier molecular flexibility index (Phi) is 4.14. The van der Waals surface area contributed by atoms with Crippen molar-refractivity contribution in [3.8, 4) is 0 Å². The highest BCUT2D eigenvalue weighted by Crippen LogP contribution is 2.32. The molecule has 0 aromatic carbocycles. The summed E-state index contributed by atoms with van der Waals surface area (Å²) >= 11 is 0. The van der Waals surface area contributed by atoms with Gasteiger partial charge in [-0.15, -0.1) is 0 Å². The Morgan fingerprint density at radius 1 is 1.47 bits per heavy atom. The summed E-state index contributed by atoms with van der Waals surface area (Å²) in [5, 5.41) is 3.57. The molecule has 0 unspecified atom stereocenters. The van der Waals surface area contributed by atoms with Crippen LogP contribution < -0.4 is 0 Å². The highest BCUT2D eigenvalue weighted by Gasteiger charge is 2.40. The van der Waals surface area contributed by atoms with Crippen molar-refractivity contribution in [3.63, 3.8) is 0 Å². The SMILES string of the molecule is CCCn1ncc(C(=O)OCC)c1C(F)(F)F. The van der Waals surface area contributed by atoms with Crippen LogP contribution in [-0.4, -0.2) is 22.4 Å². The molecule has 17 heavy (non-hydrogen) atoms. The van der Waals surface area contributed by atoms with Crippen LogP contribution in [0.5, 0.6) is 0 Å². The highest BCUT2D eigenvalue weighted by atomic mass is 19.4. The second-order valence-electron chi connectivity index (χ2n) is 3.35. The number of esters is 1. The van der Waals surface area contributed by atoms with Crippen molar-refractivity contribution in [1.29, 1.82) is 0 Å². The van der Waals surface area contributed by atoms with Crippen molar-refractivity contribution in [1.82, 2.24) is 9.78 Å². The minimum Gasteiger partial charge on any atom is -0.462 e. The topological polar surface area (TPSA) is 44.1 Å². The molecule has 0 aliphatic carbocycles. The van der Waals surface area contributed by atoms with E-state index in [0.717, 1.165) is 10.9 Å². The minimum atomic E-state index is -4.62. The molecule has 7 heteroatoms. The zero-order chi connectivity index (χ0) is 13.1. The van der Waals surface area contributed by atoms with E-state index in [-0.39, 0.29) is 13.2 Å². The van der Waals surface area contributed by atoms with Crippen LogP contribution in [0.3, 0.4) is 0 Å². The number of carbonyl (C=O) groups excluding carboxylic acids is 1. The summed E-state index contributed by atoms with van der Waals surface area (Å²) < 4.78 is 43.7. The van der Waals surface area contributed by atoms with Crippen molar-refractivity contribution in [2.24, 2.45) is 0 Å². The maximum atomic E-state index is 12.8. The van der Waals surface area contributed by atoms with Gasteiger partial charge in [0.25, 0.3) is 0 Å². The van der Waals surface area contributed by atoms with Crippen LogP contribution in [0.15, 0.2) is 6.20 Å².